The maximum absolute atomic E-state index is 5.29. The van der Waals surface area contributed by atoms with Gasteiger partial charge in [-0.25, -0.2) is 4.99 Å². The molecule has 0 radical (unpaired) electrons. The lowest BCUT2D eigenvalue weighted by molar-refractivity contribution is 0.414. The molecular formula is C22H31IN4O. The lowest BCUT2D eigenvalue weighted by Gasteiger charge is -2.19. The van der Waals surface area contributed by atoms with Crippen LogP contribution in [-0.2, 0) is 6.54 Å². The monoisotopic (exact) mass is 494 g/mol. The zero-order valence-corrected chi connectivity index (χ0v) is 19.1. The normalized spacial score (nSPS) is 16.4. The number of ether oxygens (including phenoxy) is 1. The Kier molecular flexibility index (Phi) is 9.40. The molecule has 0 saturated carbocycles. The Morgan fingerprint density at radius 3 is 2.71 bits per heavy atom. The average Bonchev–Trinajstić information content (AvgIpc) is 3.20. The standard InChI is InChI=1S/C22H30N4O.HI/c1-3-23-22(24-15-18-8-7-11-21(14-18)27-2)25-16-19-12-13-26(17-19)20-9-5-4-6-10-20;/h4-11,14,19H,3,12-13,15-17H2,1-2H3,(H2,23,24,25);1H. The van der Waals surface area contributed by atoms with Gasteiger partial charge in [-0.05, 0) is 49.1 Å². The van der Waals surface area contributed by atoms with Crippen molar-refractivity contribution in [3.05, 3.63) is 60.2 Å². The van der Waals surface area contributed by atoms with E-state index in [4.69, 9.17) is 9.73 Å². The van der Waals surface area contributed by atoms with E-state index in [9.17, 15) is 0 Å². The first-order valence-corrected chi connectivity index (χ1v) is 9.73. The van der Waals surface area contributed by atoms with Crippen molar-refractivity contribution in [3.8, 4) is 5.75 Å². The molecule has 2 aromatic rings. The van der Waals surface area contributed by atoms with Crippen LogP contribution >= 0.6 is 24.0 Å². The Morgan fingerprint density at radius 1 is 1.14 bits per heavy atom. The van der Waals surface area contributed by atoms with E-state index >= 15 is 0 Å². The van der Waals surface area contributed by atoms with E-state index in [2.05, 4.69) is 58.9 Å². The molecule has 152 valence electrons. The Bertz CT molecular complexity index is 738. The molecule has 5 nitrogen and oxygen atoms in total. The van der Waals surface area contributed by atoms with Gasteiger partial charge in [-0.1, -0.05) is 30.3 Å². The van der Waals surface area contributed by atoms with Gasteiger partial charge in [-0.15, -0.1) is 24.0 Å². The van der Waals surface area contributed by atoms with Gasteiger partial charge in [-0.3, -0.25) is 0 Å². The minimum absolute atomic E-state index is 0. The smallest absolute Gasteiger partial charge is 0.191 e. The Labute approximate surface area is 185 Å². The molecule has 1 heterocycles. The van der Waals surface area contributed by atoms with E-state index in [-0.39, 0.29) is 24.0 Å². The first kappa shape index (κ1) is 22.3. The molecule has 1 atom stereocenters. The maximum Gasteiger partial charge on any atom is 0.191 e. The van der Waals surface area contributed by atoms with Crippen LogP contribution in [0, 0.1) is 5.92 Å². The average molecular weight is 494 g/mol. The minimum Gasteiger partial charge on any atom is -0.497 e. The molecule has 1 unspecified atom stereocenters. The Hall–Kier alpha value is -1.96. The van der Waals surface area contributed by atoms with Crippen molar-refractivity contribution in [2.24, 2.45) is 10.9 Å². The number of para-hydroxylation sites is 1. The molecule has 2 aromatic carbocycles. The number of aliphatic imine (C=N–C) groups is 1. The van der Waals surface area contributed by atoms with Gasteiger partial charge in [0.1, 0.15) is 5.75 Å². The summed E-state index contributed by atoms with van der Waals surface area (Å²) in [6.07, 6.45) is 1.21. The summed E-state index contributed by atoms with van der Waals surface area (Å²) >= 11 is 0. The number of benzene rings is 2. The maximum atomic E-state index is 5.29. The van der Waals surface area contributed by atoms with Crippen LogP contribution in [0.15, 0.2) is 59.6 Å². The molecular weight excluding hydrogens is 463 g/mol. The topological polar surface area (TPSA) is 48.9 Å². The summed E-state index contributed by atoms with van der Waals surface area (Å²) in [5, 5.41) is 6.86. The molecule has 0 spiro atoms. The van der Waals surface area contributed by atoms with Gasteiger partial charge in [0.2, 0.25) is 0 Å². The predicted molar refractivity (Wildman–Crippen MR) is 128 cm³/mol. The zero-order chi connectivity index (χ0) is 18.9. The fourth-order valence-electron chi connectivity index (χ4n) is 3.40. The zero-order valence-electron chi connectivity index (χ0n) is 16.7. The number of anilines is 1. The quantitative estimate of drug-likeness (QED) is 0.349. The number of hydrogen-bond acceptors (Lipinski definition) is 3. The van der Waals surface area contributed by atoms with Gasteiger partial charge >= 0.3 is 0 Å². The van der Waals surface area contributed by atoms with Crippen molar-refractivity contribution in [3.63, 3.8) is 0 Å². The molecule has 1 aliphatic heterocycles. The highest BCUT2D eigenvalue weighted by Crippen LogP contribution is 2.22. The Balaban J connectivity index is 0.00000280. The number of rotatable bonds is 7. The second kappa shape index (κ2) is 11.8. The van der Waals surface area contributed by atoms with Crippen LogP contribution in [0.4, 0.5) is 5.69 Å². The first-order chi connectivity index (χ1) is 13.3. The first-order valence-electron chi connectivity index (χ1n) is 9.73. The largest absolute Gasteiger partial charge is 0.497 e. The van der Waals surface area contributed by atoms with E-state index in [1.165, 1.54) is 12.1 Å². The summed E-state index contributed by atoms with van der Waals surface area (Å²) in [5.74, 6) is 2.37. The van der Waals surface area contributed by atoms with Crippen molar-refractivity contribution in [2.75, 3.05) is 38.2 Å². The van der Waals surface area contributed by atoms with Crippen LogP contribution in [0.25, 0.3) is 0 Å². The third-order valence-electron chi connectivity index (χ3n) is 4.86. The van der Waals surface area contributed by atoms with Crippen LogP contribution < -0.4 is 20.3 Å². The van der Waals surface area contributed by atoms with Gasteiger partial charge in [0.05, 0.1) is 13.7 Å². The predicted octanol–water partition coefficient (Wildman–Crippen LogP) is 3.89. The molecule has 3 rings (SSSR count). The van der Waals surface area contributed by atoms with E-state index in [0.29, 0.717) is 12.5 Å². The lowest BCUT2D eigenvalue weighted by atomic mass is 10.1. The summed E-state index contributed by atoms with van der Waals surface area (Å²) in [7, 11) is 1.69. The van der Waals surface area contributed by atoms with Crippen molar-refractivity contribution in [1.82, 2.24) is 10.6 Å². The minimum atomic E-state index is 0. The lowest BCUT2D eigenvalue weighted by Crippen LogP contribution is -2.40. The molecule has 0 bridgehead atoms. The molecule has 0 aromatic heterocycles. The molecule has 1 saturated heterocycles. The van der Waals surface area contributed by atoms with E-state index in [1.54, 1.807) is 7.11 Å². The highest BCUT2D eigenvalue weighted by Gasteiger charge is 2.22. The van der Waals surface area contributed by atoms with Gasteiger partial charge in [0, 0.05) is 31.9 Å². The summed E-state index contributed by atoms with van der Waals surface area (Å²) in [6.45, 7) is 6.72. The van der Waals surface area contributed by atoms with Crippen LogP contribution in [0.2, 0.25) is 0 Å². The third kappa shape index (κ3) is 6.58. The van der Waals surface area contributed by atoms with Crippen molar-refractivity contribution in [2.45, 2.75) is 19.9 Å². The summed E-state index contributed by atoms with van der Waals surface area (Å²) in [4.78, 5) is 7.19. The van der Waals surface area contributed by atoms with Crippen LogP contribution in [0.3, 0.4) is 0 Å². The highest BCUT2D eigenvalue weighted by molar-refractivity contribution is 14.0. The van der Waals surface area contributed by atoms with E-state index in [0.717, 1.165) is 43.5 Å². The fraction of sp³-hybridized carbons (Fsp3) is 0.409. The molecule has 0 amide bonds. The van der Waals surface area contributed by atoms with Crippen LogP contribution in [0.5, 0.6) is 5.75 Å². The summed E-state index contributed by atoms with van der Waals surface area (Å²) < 4.78 is 5.29. The molecule has 6 heteroatoms. The SMILES string of the molecule is CCNC(=NCc1cccc(OC)c1)NCC1CCN(c2ccccc2)C1.I. The second-order valence-electron chi connectivity index (χ2n) is 6.86. The molecule has 2 N–H and O–H groups in total. The fourth-order valence-corrected chi connectivity index (χ4v) is 3.40. The van der Waals surface area contributed by atoms with Gasteiger partial charge < -0.3 is 20.3 Å². The Morgan fingerprint density at radius 2 is 1.96 bits per heavy atom. The molecule has 0 aliphatic carbocycles. The number of hydrogen-bond donors (Lipinski definition) is 2. The number of halogens is 1. The van der Waals surface area contributed by atoms with Crippen LogP contribution in [0.1, 0.15) is 18.9 Å². The molecule has 1 aliphatic rings. The third-order valence-corrected chi connectivity index (χ3v) is 4.86. The van der Waals surface area contributed by atoms with E-state index < -0.39 is 0 Å². The number of nitrogens with one attached hydrogen (secondary N) is 2. The number of guanidine groups is 1. The summed E-state index contributed by atoms with van der Waals surface area (Å²) in [6, 6.07) is 18.7. The van der Waals surface area contributed by atoms with Gasteiger partial charge in [-0.2, -0.15) is 0 Å². The van der Waals surface area contributed by atoms with Crippen molar-refractivity contribution in [1.29, 1.82) is 0 Å². The van der Waals surface area contributed by atoms with Crippen molar-refractivity contribution >= 4 is 35.6 Å². The van der Waals surface area contributed by atoms with Gasteiger partial charge in [0.25, 0.3) is 0 Å². The molecule has 1 fully saturated rings. The van der Waals surface area contributed by atoms with Crippen molar-refractivity contribution < 1.29 is 4.74 Å². The highest BCUT2D eigenvalue weighted by atomic mass is 127. The second-order valence-corrected chi connectivity index (χ2v) is 6.86. The van der Waals surface area contributed by atoms with E-state index in [1.807, 2.05) is 18.2 Å². The number of methoxy groups -OCH3 is 1. The molecule has 28 heavy (non-hydrogen) atoms. The summed E-state index contributed by atoms with van der Waals surface area (Å²) in [5.41, 5.74) is 2.46. The van der Waals surface area contributed by atoms with Gasteiger partial charge in [0.15, 0.2) is 5.96 Å². The number of nitrogens with zero attached hydrogens (tertiary/aromatic N) is 2. The van der Waals surface area contributed by atoms with Crippen LogP contribution in [-0.4, -0.2) is 39.2 Å².